The van der Waals surface area contributed by atoms with E-state index in [4.69, 9.17) is 0 Å². The molecule has 2 amide bonds. The Bertz CT molecular complexity index is 914. The number of carbonyl (C=O) groups excluding carboxylic acids is 2. The predicted octanol–water partition coefficient (Wildman–Crippen LogP) is 3.46. The summed E-state index contributed by atoms with van der Waals surface area (Å²) in [6.07, 6.45) is 1.04. The molecule has 2 aliphatic rings. The molecule has 0 aliphatic carbocycles. The van der Waals surface area contributed by atoms with Gasteiger partial charge in [-0.3, -0.25) is 14.5 Å². The second-order valence-electron chi connectivity index (χ2n) is 8.19. The van der Waals surface area contributed by atoms with E-state index in [1.54, 1.807) is 4.90 Å². The summed E-state index contributed by atoms with van der Waals surface area (Å²) in [6.45, 7) is 9.34. The first-order valence-electron chi connectivity index (χ1n) is 10.4. The summed E-state index contributed by atoms with van der Waals surface area (Å²) in [5, 5.41) is 0. The number of aryl methyl sites for hydroxylation is 2. The van der Waals surface area contributed by atoms with Crippen LogP contribution in [0.5, 0.6) is 0 Å². The van der Waals surface area contributed by atoms with Crippen molar-refractivity contribution in [2.24, 2.45) is 0 Å². The molecule has 2 saturated heterocycles. The van der Waals surface area contributed by atoms with Crippen LogP contribution in [0.3, 0.4) is 0 Å². The summed E-state index contributed by atoms with van der Waals surface area (Å²) in [5.74, 6) is 0.123. The quantitative estimate of drug-likeness (QED) is 0.805. The molecule has 0 N–H and O–H groups in total. The van der Waals surface area contributed by atoms with Gasteiger partial charge >= 0.3 is 0 Å². The van der Waals surface area contributed by atoms with Gasteiger partial charge in [0.05, 0.1) is 0 Å². The number of piperazine rings is 1. The highest BCUT2D eigenvalue weighted by Crippen LogP contribution is 2.29. The van der Waals surface area contributed by atoms with Crippen molar-refractivity contribution < 1.29 is 9.59 Å². The molecule has 152 valence electrons. The van der Waals surface area contributed by atoms with Crippen LogP contribution in [0, 0.1) is 20.8 Å². The molecule has 4 rings (SSSR count). The molecule has 2 heterocycles. The molecular formula is C24H29N3O2. The minimum absolute atomic E-state index is 0.0428. The second kappa shape index (κ2) is 7.90. The average Bonchev–Trinajstić information content (AvgIpc) is 3.12. The number of benzene rings is 2. The van der Waals surface area contributed by atoms with Crippen LogP contribution in [-0.2, 0) is 9.59 Å². The van der Waals surface area contributed by atoms with Crippen molar-refractivity contribution in [2.45, 2.75) is 39.7 Å². The third kappa shape index (κ3) is 3.74. The molecule has 2 aromatic carbocycles. The van der Waals surface area contributed by atoms with Gasteiger partial charge in [0.2, 0.25) is 11.8 Å². The van der Waals surface area contributed by atoms with Gasteiger partial charge < -0.3 is 9.80 Å². The summed E-state index contributed by atoms with van der Waals surface area (Å²) in [6, 6.07) is 13.9. The molecule has 0 saturated carbocycles. The Morgan fingerprint density at radius 2 is 1.62 bits per heavy atom. The summed E-state index contributed by atoms with van der Waals surface area (Å²) in [7, 11) is 0. The van der Waals surface area contributed by atoms with E-state index in [1.165, 1.54) is 16.8 Å². The monoisotopic (exact) mass is 391 g/mol. The van der Waals surface area contributed by atoms with Crippen LogP contribution in [0.2, 0.25) is 0 Å². The molecule has 5 nitrogen and oxygen atoms in total. The van der Waals surface area contributed by atoms with Gasteiger partial charge in [-0.25, -0.2) is 0 Å². The third-order valence-corrected chi connectivity index (χ3v) is 6.32. The Balaban J connectivity index is 1.45. The molecule has 0 bridgehead atoms. The number of hydrogen-bond acceptors (Lipinski definition) is 3. The topological polar surface area (TPSA) is 43.9 Å². The maximum Gasteiger partial charge on any atom is 0.245 e. The van der Waals surface area contributed by atoms with E-state index < -0.39 is 0 Å². The number of amides is 2. The zero-order valence-corrected chi connectivity index (χ0v) is 17.5. The fraction of sp³-hybridized carbons (Fsp3) is 0.417. The molecule has 2 aromatic rings. The maximum atomic E-state index is 13.3. The summed E-state index contributed by atoms with van der Waals surface area (Å²) >= 11 is 0. The van der Waals surface area contributed by atoms with Crippen LogP contribution in [0.4, 0.5) is 11.4 Å². The Morgan fingerprint density at radius 1 is 0.931 bits per heavy atom. The smallest absolute Gasteiger partial charge is 0.245 e. The average molecular weight is 392 g/mol. The van der Waals surface area contributed by atoms with Gasteiger partial charge in [0.15, 0.2) is 0 Å². The third-order valence-electron chi connectivity index (χ3n) is 6.32. The zero-order valence-electron chi connectivity index (χ0n) is 17.5. The molecule has 2 fully saturated rings. The summed E-state index contributed by atoms with van der Waals surface area (Å²) in [5.41, 5.74) is 5.82. The first-order valence-corrected chi connectivity index (χ1v) is 10.4. The van der Waals surface area contributed by atoms with Crippen molar-refractivity contribution in [3.05, 3.63) is 59.2 Å². The van der Waals surface area contributed by atoms with Gasteiger partial charge in [0.25, 0.3) is 0 Å². The lowest BCUT2D eigenvalue weighted by atomic mass is 10.1. The number of carbonyl (C=O) groups is 2. The lowest BCUT2D eigenvalue weighted by molar-refractivity contribution is -0.133. The van der Waals surface area contributed by atoms with E-state index in [-0.39, 0.29) is 17.9 Å². The fourth-order valence-electron chi connectivity index (χ4n) is 4.40. The zero-order chi connectivity index (χ0) is 20.5. The van der Waals surface area contributed by atoms with Crippen molar-refractivity contribution in [1.82, 2.24) is 4.90 Å². The van der Waals surface area contributed by atoms with Crippen LogP contribution in [0.15, 0.2) is 42.5 Å². The van der Waals surface area contributed by atoms with Crippen LogP contribution < -0.4 is 9.80 Å². The number of anilines is 2. The van der Waals surface area contributed by atoms with Crippen molar-refractivity contribution in [3.8, 4) is 0 Å². The largest absolute Gasteiger partial charge is 0.368 e. The fourth-order valence-corrected chi connectivity index (χ4v) is 4.40. The predicted molar refractivity (Wildman–Crippen MR) is 116 cm³/mol. The van der Waals surface area contributed by atoms with Gasteiger partial charge in [-0.05, 0) is 56.5 Å². The highest BCUT2D eigenvalue weighted by atomic mass is 16.2. The van der Waals surface area contributed by atoms with Crippen LogP contribution >= 0.6 is 0 Å². The Labute approximate surface area is 172 Å². The Morgan fingerprint density at radius 3 is 2.31 bits per heavy atom. The summed E-state index contributed by atoms with van der Waals surface area (Å²) < 4.78 is 0. The van der Waals surface area contributed by atoms with E-state index in [0.717, 1.165) is 24.3 Å². The second-order valence-corrected chi connectivity index (χ2v) is 8.19. The van der Waals surface area contributed by atoms with Crippen molar-refractivity contribution in [1.29, 1.82) is 0 Å². The molecule has 0 aromatic heterocycles. The Kier molecular flexibility index (Phi) is 5.31. The minimum Gasteiger partial charge on any atom is -0.368 e. The number of rotatable bonds is 3. The number of nitrogens with zero attached hydrogens (tertiary/aromatic N) is 3. The highest BCUT2D eigenvalue weighted by Gasteiger charge is 2.39. The molecule has 0 spiro atoms. The Hall–Kier alpha value is -2.82. The van der Waals surface area contributed by atoms with Crippen molar-refractivity contribution >= 4 is 23.2 Å². The molecular weight excluding hydrogens is 362 g/mol. The first kappa shape index (κ1) is 19.5. The molecule has 1 atom stereocenters. The first-order chi connectivity index (χ1) is 14.0. The van der Waals surface area contributed by atoms with Crippen molar-refractivity contribution in [2.75, 3.05) is 36.0 Å². The van der Waals surface area contributed by atoms with Crippen LogP contribution in [-0.4, -0.2) is 48.9 Å². The maximum absolute atomic E-state index is 13.3. The van der Waals surface area contributed by atoms with Gasteiger partial charge in [-0.15, -0.1) is 0 Å². The van der Waals surface area contributed by atoms with Crippen LogP contribution in [0.1, 0.15) is 29.5 Å². The van der Waals surface area contributed by atoms with E-state index in [1.807, 2.05) is 36.1 Å². The van der Waals surface area contributed by atoms with Crippen LogP contribution in [0.25, 0.3) is 0 Å². The van der Waals surface area contributed by atoms with E-state index in [2.05, 4.69) is 36.9 Å². The lowest BCUT2D eigenvalue weighted by Crippen LogP contribution is -2.54. The molecule has 2 aliphatic heterocycles. The van der Waals surface area contributed by atoms with E-state index >= 15 is 0 Å². The lowest BCUT2D eigenvalue weighted by Gasteiger charge is -2.39. The summed E-state index contributed by atoms with van der Waals surface area (Å²) in [4.78, 5) is 31.8. The van der Waals surface area contributed by atoms with Gasteiger partial charge in [0, 0.05) is 44.0 Å². The normalized spacial score (nSPS) is 19.8. The van der Waals surface area contributed by atoms with Gasteiger partial charge in [-0.2, -0.15) is 0 Å². The molecule has 5 heteroatoms. The van der Waals surface area contributed by atoms with Crippen molar-refractivity contribution in [3.63, 3.8) is 0 Å². The molecule has 29 heavy (non-hydrogen) atoms. The minimum atomic E-state index is -0.377. The molecule has 0 radical (unpaired) electrons. The standard InChI is InChI=1S/C24H29N3O2/c1-17-7-9-20(10-8-17)27-22(11-12-23(27)28)24(29)26-15-13-25(14-16-26)21-6-4-5-18(2)19(21)3/h4-10,22H,11-16H2,1-3H3. The molecule has 1 unspecified atom stereocenters. The highest BCUT2D eigenvalue weighted by molar-refractivity contribution is 6.03. The SMILES string of the molecule is Cc1ccc(N2C(=O)CCC2C(=O)N2CCN(c3cccc(C)c3C)CC2)cc1. The van der Waals surface area contributed by atoms with Gasteiger partial charge in [-0.1, -0.05) is 29.8 Å². The van der Waals surface area contributed by atoms with Gasteiger partial charge in [0.1, 0.15) is 6.04 Å². The van der Waals surface area contributed by atoms with E-state index in [9.17, 15) is 9.59 Å². The van der Waals surface area contributed by atoms with E-state index in [0.29, 0.717) is 25.9 Å². The number of hydrogen-bond donors (Lipinski definition) is 0.